The Kier molecular flexibility index (Phi) is 5.09. The molecule has 1 saturated heterocycles. The number of aliphatic imine (C=N–C) groups is 1. The highest BCUT2D eigenvalue weighted by molar-refractivity contribution is 8.13. The lowest BCUT2D eigenvalue weighted by molar-refractivity contribution is 0.627. The average molecular weight is 215 g/mol. The zero-order chi connectivity index (χ0) is 9.52. The molecule has 13 heavy (non-hydrogen) atoms. The van der Waals surface area contributed by atoms with Crippen molar-refractivity contribution < 1.29 is 0 Å². The molecule has 0 aromatic rings. The number of hydrogen-bond acceptors (Lipinski definition) is 4. The van der Waals surface area contributed by atoms with E-state index < -0.39 is 0 Å². The summed E-state index contributed by atoms with van der Waals surface area (Å²) in [6, 6.07) is 0.421. The normalized spacial score (nSPS) is 19.5. The molecule has 1 heterocycles. The summed E-state index contributed by atoms with van der Waals surface area (Å²) in [7, 11) is 0. The molecule has 1 N–H and O–H groups in total. The van der Waals surface area contributed by atoms with E-state index in [4.69, 9.17) is 5.26 Å². The van der Waals surface area contributed by atoms with Crippen LogP contribution in [-0.4, -0.2) is 29.0 Å². The van der Waals surface area contributed by atoms with Crippen molar-refractivity contribution >= 4 is 28.7 Å². The van der Waals surface area contributed by atoms with E-state index in [2.05, 4.69) is 10.3 Å². The highest BCUT2D eigenvalue weighted by atomic mass is 32.2. The largest absolute Gasteiger partial charge is 0.272 e. The Balaban J connectivity index is 2.45. The molecular weight excluding hydrogens is 202 g/mol. The predicted octanol–water partition coefficient (Wildman–Crippen LogP) is 1.67. The lowest BCUT2D eigenvalue weighted by Gasteiger charge is -2.17. The minimum absolute atomic E-state index is 0.421. The van der Waals surface area contributed by atoms with Gasteiger partial charge in [0.15, 0.2) is 11.4 Å². The van der Waals surface area contributed by atoms with E-state index in [1.54, 1.807) is 0 Å². The third kappa shape index (κ3) is 3.92. The topological polar surface area (TPSA) is 48.2 Å². The molecule has 0 saturated carbocycles. The van der Waals surface area contributed by atoms with Crippen molar-refractivity contribution in [3.8, 4) is 6.19 Å². The van der Waals surface area contributed by atoms with Gasteiger partial charge in [-0.3, -0.25) is 10.3 Å². The van der Waals surface area contributed by atoms with E-state index in [0.29, 0.717) is 6.04 Å². The van der Waals surface area contributed by atoms with Crippen LogP contribution < -0.4 is 5.32 Å². The van der Waals surface area contributed by atoms with Crippen LogP contribution in [0.3, 0.4) is 0 Å². The Bertz CT molecular complexity index is 216. The summed E-state index contributed by atoms with van der Waals surface area (Å²) in [5.41, 5.74) is 0. The quantitative estimate of drug-likeness (QED) is 0.313. The van der Waals surface area contributed by atoms with E-state index in [1.807, 2.05) is 24.2 Å². The molecule has 0 aromatic carbocycles. The molecule has 1 fully saturated rings. The fourth-order valence-electron chi connectivity index (χ4n) is 1.16. The number of rotatable bonds is 1. The third-order valence-corrected chi connectivity index (χ3v) is 3.49. The van der Waals surface area contributed by atoms with E-state index in [-0.39, 0.29) is 0 Å². The van der Waals surface area contributed by atoms with Gasteiger partial charge in [0.05, 0.1) is 6.04 Å². The standard InChI is InChI=1S/C8H13N3S2/c1-12-8(10-6-9)11-7-2-4-13-5-3-7/h7H,2-5H2,1H3,(H,10,11). The van der Waals surface area contributed by atoms with Crippen LogP contribution in [0.4, 0.5) is 0 Å². The summed E-state index contributed by atoms with van der Waals surface area (Å²) in [6.07, 6.45) is 6.11. The molecule has 3 nitrogen and oxygen atoms in total. The van der Waals surface area contributed by atoms with E-state index >= 15 is 0 Å². The number of nitrogens with zero attached hydrogens (tertiary/aromatic N) is 2. The molecule has 0 radical (unpaired) electrons. The second kappa shape index (κ2) is 6.17. The smallest absolute Gasteiger partial charge is 0.183 e. The Morgan fingerprint density at radius 1 is 1.62 bits per heavy atom. The SMILES string of the molecule is CSC(=NC1CCSCC1)NC#N. The minimum Gasteiger partial charge on any atom is -0.272 e. The second-order valence-electron chi connectivity index (χ2n) is 2.72. The summed E-state index contributed by atoms with van der Waals surface area (Å²) in [5, 5.41) is 11.8. The van der Waals surface area contributed by atoms with Crippen LogP contribution in [0.25, 0.3) is 0 Å². The van der Waals surface area contributed by atoms with Gasteiger partial charge >= 0.3 is 0 Å². The Morgan fingerprint density at radius 2 is 2.31 bits per heavy atom. The van der Waals surface area contributed by atoms with Crippen LogP contribution >= 0.6 is 23.5 Å². The minimum atomic E-state index is 0.421. The fraction of sp³-hybridized carbons (Fsp3) is 0.750. The van der Waals surface area contributed by atoms with Gasteiger partial charge < -0.3 is 0 Å². The Labute approximate surface area is 87.4 Å². The first-order valence-corrected chi connectivity index (χ1v) is 6.59. The number of amidine groups is 1. The van der Waals surface area contributed by atoms with E-state index in [9.17, 15) is 0 Å². The van der Waals surface area contributed by atoms with Crippen molar-refractivity contribution in [1.82, 2.24) is 5.32 Å². The lowest BCUT2D eigenvalue weighted by atomic mass is 10.2. The highest BCUT2D eigenvalue weighted by Gasteiger charge is 2.12. The molecule has 1 rings (SSSR count). The van der Waals surface area contributed by atoms with Gasteiger partial charge in [0.2, 0.25) is 0 Å². The van der Waals surface area contributed by atoms with Crippen LogP contribution in [0.15, 0.2) is 4.99 Å². The van der Waals surface area contributed by atoms with Crippen LogP contribution in [0.2, 0.25) is 0 Å². The molecule has 0 aromatic heterocycles. The first-order valence-electron chi connectivity index (χ1n) is 4.21. The van der Waals surface area contributed by atoms with Crippen molar-refractivity contribution in [3.63, 3.8) is 0 Å². The van der Waals surface area contributed by atoms with Crippen LogP contribution in [-0.2, 0) is 0 Å². The van der Waals surface area contributed by atoms with Crippen molar-refractivity contribution in [2.45, 2.75) is 18.9 Å². The van der Waals surface area contributed by atoms with Crippen LogP contribution in [0.1, 0.15) is 12.8 Å². The number of nitrogens with one attached hydrogen (secondary N) is 1. The van der Waals surface area contributed by atoms with Gasteiger partial charge in [-0.25, -0.2) is 0 Å². The van der Waals surface area contributed by atoms with Gasteiger partial charge in [-0.2, -0.15) is 17.0 Å². The number of hydrogen-bond donors (Lipinski definition) is 1. The number of thioether (sulfide) groups is 2. The van der Waals surface area contributed by atoms with Crippen molar-refractivity contribution in [3.05, 3.63) is 0 Å². The van der Waals surface area contributed by atoms with Crippen LogP contribution in [0, 0.1) is 11.5 Å². The molecular formula is C8H13N3S2. The van der Waals surface area contributed by atoms with E-state index in [1.165, 1.54) is 23.3 Å². The monoisotopic (exact) mass is 215 g/mol. The molecule has 0 bridgehead atoms. The first kappa shape index (κ1) is 10.7. The van der Waals surface area contributed by atoms with Gasteiger partial charge in [0, 0.05) is 0 Å². The zero-order valence-corrected chi connectivity index (χ0v) is 9.25. The zero-order valence-electron chi connectivity index (χ0n) is 7.62. The molecule has 1 aliphatic rings. The average Bonchev–Trinajstić information content (AvgIpc) is 2.19. The second-order valence-corrected chi connectivity index (χ2v) is 4.74. The summed E-state index contributed by atoms with van der Waals surface area (Å²) < 4.78 is 0. The van der Waals surface area contributed by atoms with E-state index in [0.717, 1.165) is 18.0 Å². The molecule has 0 aliphatic carbocycles. The molecule has 0 unspecified atom stereocenters. The molecule has 0 spiro atoms. The van der Waals surface area contributed by atoms with Crippen molar-refractivity contribution in [2.24, 2.45) is 4.99 Å². The fourth-order valence-corrected chi connectivity index (χ4v) is 2.65. The van der Waals surface area contributed by atoms with Crippen molar-refractivity contribution in [1.29, 1.82) is 5.26 Å². The first-order chi connectivity index (χ1) is 6.36. The maximum Gasteiger partial charge on any atom is 0.183 e. The lowest BCUT2D eigenvalue weighted by Crippen LogP contribution is -2.20. The number of nitriles is 1. The molecule has 72 valence electrons. The third-order valence-electron chi connectivity index (χ3n) is 1.85. The van der Waals surface area contributed by atoms with Gasteiger partial charge in [-0.1, -0.05) is 11.8 Å². The van der Waals surface area contributed by atoms with Gasteiger partial charge in [-0.15, -0.1) is 0 Å². The maximum atomic E-state index is 8.44. The molecule has 0 amide bonds. The van der Waals surface area contributed by atoms with Crippen LogP contribution in [0.5, 0.6) is 0 Å². The highest BCUT2D eigenvalue weighted by Crippen LogP contribution is 2.20. The summed E-state index contributed by atoms with van der Waals surface area (Å²) in [4.78, 5) is 4.48. The predicted molar refractivity (Wildman–Crippen MR) is 60.0 cm³/mol. The summed E-state index contributed by atoms with van der Waals surface area (Å²) in [5.74, 6) is 2.39. The van der Waals surface area contributed by atoms with Crippen molar-refractivity contribution in [2.75, 3.05) is 17.8 Å². The van der Waals surface area contributed by atoms with Gasteiger partial charge in [0.25, 0.3) is 0 Å². The Hall–Kier alpha value is -0.340. The molecule has 5 heteroatoms. The van der Waals surface area contributed by atoms with Gasteiger partial charge in [-0.05, 0) is 30.6 Å². The summed E-state index contributed by atoms with van der Waals surface area (Å²) in [6.45, 7) is 0. The summed E-state index contributed by atoms with van der Waals surface area (Å²) >= 11 is 3.48. The molecule has 0 atom stereocenters. The Morgan fingerprint density at radius 3 is 2.85 bits per heavy atom. The molecule has 1 aliphatic heterocycles. The van der Waals surface area contributed by atoms with Gasteiger partial charge in [0.1, 0.15) is 0 Å². The maximum absolute atomic E-state index is 8.44.